The van der Waals surface area contributed by atoms with Gasteiger partial charge in [-0.3, -0.25) is 0 Å². The first-order chi connectivity index (χ1) is 8.88. The summed E-state index contributed by atoms with van der Waals surface area (Å²) >= 11 is 0. The Morgan fingerprint density at radius 2 is 2.11 bits per heavy atom. The Bertz CT molecular complexity index is 553. The SMILES string of the molecule is OCCCC1COc2c(ccc3ccccc23)N1. The van der Waals surface area contributed by atoms with Crippen LogP contribution in [0, 0.1) is 0 Å². The second-order valence-corrected chi connectivity index (χ2v) is 4.68. The summed E-state index contributed by atoms with van der Waals surface area (Å²) in [5, 5.41) is 14.7. The summed E-state index contributed by atoms with van der Waals surface area (Å²) in [5.74, 6) is 0.952. The van der Waals surface area contributed by atoms with Gasteiger partial charge >= 0.3 is 0 Å². The molecule has 2 N–H and O–H groups in total. The number of nitrogens with one attached hydrogen (secondary N) is 1. The molecule has 18 heavy (non-hydrogen) atoms. The van der Waals surface area contributed by atoms with Gasteiger partial charge in [0.25, 0.3) is 0 Å². The second kappa shape index (κ2) is 4.86. The molecule has 1 atom stereocenters. The lowest BCUT2D eigenvalue weighted by Gasteiger charge is -2.28. The van der Waals surface area contributed by atoms with Crippen LogP contribution in [0.4, 0.5) is 5.69 Å². The molecule has 2 aromatic carbocycles. The van der Waals surface area contributed by atoms with E-state index < -0.39 is 0 Å². The minimum absolute atomic E-state index is 0.239. The fraction of sp³-hybridized carbons (Fsp3) is 0.333. The fourth-order valence-corrected chi connectivity index (χ4v) is 2.45. The largest absolute Gasteiger partial charge is 0.489 e. The lowest BCUT2D eigenvalue weighted by atomic mass is 10.1. The highest BCUT2D eigenvalue weighted by Gasteiger charge is 2.19. The zero-order chi connectivity index (χ0) is 12.4. The van der Waals surface area contributed by atoms with Gasteiger partial charge in [0.15, 0.2) is 0 Å². The van der Waals surface area contributed by atoms with Gasteiger partial charge in [0.2, 0.25) is 0 Å². The summed E-state index contributed by atoms with van der Waals surface area (Å²) in [5.41, 5.74) is 1.06. The number of hydrogen-bond donors (Lipinski definition) is 2. The van der Waals surface area contributed by atoms with Crippen LogP contribution in [0.1, 0.15) is 12.8 Å². The Labute approximate surface area is 106 Å². The van der Waals surface area contributed by atoms with Gasteiger partial charge in [0.05, 0.1) is 11.7 Å². The van der Waals surface area contributed by atoms with E-state index >= 15 is 0 Å². The number of benzene rings is 2. The molecular weight excluding hydrogens is 226 g/mol. The summed E-state index contributed by atoms with van der Waals surface area (Å²) in [4.78, 5) is 0. The number of rotatable bonds is 3. The van der Waals surface area contributed by atoms with Crippen molar-refractivity contribution < 1.29 is 9.84 Å². The van der Waals surface area contributed by atoms with Crippen molar-refractivity contribution in [3.05, 3.63) is 36.4 Å². The number of hydrogen-bond acceptors (Lipinski definition) is 3. The van der Waals surface area contributed by atoms with E-state index in [9.17, 15) is 0 Å². The van der Waals surface area contributed by atoms with E-state index in [2.05, 4.69) is 29.6 Å². The molecule has 2 aromatic rings. The molecule has 1 aliphatic rings. The van der Waals surface area contributed by atoms with E-state index in [0.29, 0.717) is 12.6 Å². The van der Waals surface area contributed by atoms with Gasteiger partial charge in [-0.1, -0.05) is 30.3 Å². The van der Waals surface area contributed by atoms with Crippen LogP contribution in [0.15, 0.2) is 36.4 Å². The Morgan fingerprint density at radius 3 is 3.00 bits per heavy atom. The third-order valence-corrected chi connectivity index (χ3v) is 3.38. The molecule has 0 saturated carbocycles. The van der Waals surface area contributed by atoms with Crippen molar-refractivity contribution in [2.75, 3.05) is 18.5 Å². The number of fused-ring (bicyclic) bond motifs is 3. The van der Waals surface area contributed by atoms with Gasteiger partial charge in [-0.25, -0.2) is 0 Å². The van der Waals surface area contributed by atoms with Crippen LogP contribution >= 0.6 is 0 Å². The highest BCUT2D eigenvalue weighted by molar-refractivity contribution is 5.93. The summed E-state index contributed by atoms with van der Waals surface area (Å²) in [6.07, 6.45) is 1.74. The van der Waals surface area contributed by atoms with Crippen molar-refractivity contribution in [3.8, 4) is 5.75 Å². The zero-order valence-corrected chi connectivity index (χ0v) is 10.2. The van der Waals surface area contributed by atoms with Crippen LogP contribution < -0.4 is 10.1 Å². The average Bonchev–Trinajstić information content (AvgIpc) is 2.44. The van der Waals surface area contributed by atoms with Crippen molar-refractivity contribution in [1.82, 2.24) is 0 Å². The van der Waals surface area contributed by atoms with Crippen molar-refractivity contribution in [2.45, 2.75) is 18.9 Å². The normalized spacial score (nSPS) is 17.9. The first-order valence-corrected chi connectivity index (χ1v) is 6.40. The summed E-state index contributed by atoms with van der Waals surface area (Å²) < 4.78 is 5.90. The van der Waals surface area contributed by atoms with E-state index in [4.69, 9.17) is 9.84 Å². The molecule has 3 heteroatoms. The maximum Gasteiger partial charge on any atom is 0.150 e. The minimum atomic E-state index is 0.239. The van der Waals surface area contributed by atoms with Crippen LogP contribution in [0.3, 0.4) is 0 Å². The molecule has 0 saturated heterocycles. The first-order valence-electron chi connectivity index (χ1n) is 6.40. The number of aliphatic hydroxyl groups is 1. The smallest absolute Gasteiger partial charge is 0.150 e. The van der Waals surface area contributed by atoms with E-state index in [0.717, 1.165) is 29.7 Å². The van der Waals surface area contributed by atoms with Crippen LogP contribution in [-0.4, -0.2) is 24.4 Å². The topological polar surface area (TPSA) is 41.5 Å². The molecule has 0 amide bonds. The Balaban J connectivity index is 1.91. The van der Waals surface area contributed by atoms with Gasteiger partial charge in [-0.15, -0.1) is 0 Å². The predicted molar refractivity (Wildman–Crippen MR) is 73.2 cm³/mol. The second-order valence-electron chi connectivity index (χ2n) is 4.68. The molecule has 0 spiro atoms. The standard InChI is InChI=1S/C15H17NO2/c17-9-3-5-12-10-18-15-13-6-2-1-4-11(13)7-8-14(15)16-12/h1-2,4,6-8,12,16-17H,3,5,9-10H2. The van der Waals surface area contributed by atoms with Gasteiger partial charge in [0.1, 0.15) is 12.4 Å². The van der Waals surface area contributed by atoms with Crippen molar-refractivity contribution >= 4 is 16.5 Å². The van der Waals surface area contributed by atoms with Crippen LogP contribution in [0.5, 0.6) is 5.75 Å². The zero-order valence-electron chi connectivity index (χ0n) is 10.2. The highest BCUT2D eigenvalue weighted by Crippen LogP contribution is 2.36. The van der Waals surface area contributed by atoms with Crippen molar-refractivity contribution in [1.29, 1.82) is 0 Å². The number of anilines is 1. The van der Waals surface area contributed by atoms with E-state index in [1.54, 1.807) is 0 Å². The molecule has 1 unspecified atom stereocenters. The molecular formula is C15H17NO2. The quantitative estimate of drug-likeness (QED) is 0.871. The molecule has 0 radical (unpaired) electrons. The monoisotopic (exact) mass is 243 g/mol. The fourth-order valence-electron chi connectivity index (χ4n) is 2.45. The maximum atomic E-state index is 8.86. The van der Waals surface area contributed by atoms with Crippen molar-refractivity contribution in [2.24, 2.45) is 0 Å². The number of ether oxygens (including phenoxy) is 1. The third kappa shape index (κ3) is 2.02. The predicted octanol–water partition coefficient (Wildman–Crippen LogP) is 2.79. The van der Waals surface area contributed by atoms with Crippen LogP contribution in [-0.2, 0) is 0 Å². The lowest BCUT2D eigenvalue weighted by Crippen LogP contribution is -2.31. The van der Waals surface area contributed by atoms with Crippen LogP contribution in [0.25, 0.3) is 10.8 Å². The van der Waals surface area contributed by atoms with Gasteiger partial charge in [-0.2, -0.15) is 0 Å². The molecule has 1 aliphatic heterocycles. The number of aliphatic hydroxyl groups excluding tert-OH is 1. The molecule has 3 nitrogen and oxygen atoms in total. The van der Waals surface area contributed by atoms with Gasteiger partial charge in [-0.05, 0) is 24.3 Å². The Kier molecular flexibility index (Phi) is 3.07. The molecule has 1 heterocycles. The maximum absolute atomic E-state index is 8.86. The molecule has 0 fully saturated rings. The van der Waals surface area contributed by atoms with Gasteiger partial charge < -0.3 is 15.2 Å². The first kappa shape index (κ1) is 11.4. The minimum Gasteiger partial charge on any atom is -0.489 e. The molecule has 3 rings (SSSR count). The molecule has 0 aliphatic carbocycles. The Morgan fingerprint density at radius 1 is 1.22 bits per heavy atom. The molecule has 0 aromatic heterocycles. The van der Waals surface area contributed by atoms with Crippen LogP contribution in [0.2, 0.25) is 0 Å². The summed E-state index contributed by atoms with van der Waals surface area (Å²) in [7, 11) is 0. The summed E-state index contributed by atoms with van der Waals surface area (Å²) in [6, 6.07) is 12.7. The highest BCUT2D eigenvalue weighted by atomic mass is 16.5. The van der Waals surface area contributed by atoms with Crippen molar-refractivity contribution in [3.63, 3.8) is 0 Å². The van der Waals surface area contributed by atoms with E-state index in [1.165, 1.54) is 5.39 Å². The average molecular weight is 243 g/mol. The summed E-state index contributed by atoms with van der Waals surface area (Å²) in [6.45, 7) is 0.907. The third-order valence-electron chi connectivity index (χ3n) is 3.38. The van der Waals surface area contributed by atoms with E-state index in [1.807, 2.05) is 12.1 Å². The molecule has 94 valence electrons. The Hall–Kier alpha value is -1.74. The molecule has 0 bridgehead atoms. The van der Waals surface area contributed by atoms with Gasteiger partial charge in [0, 0.05) is 12.0 Å². The lowest BCUT2D eigenvalue weighted by molar-refractivity contribution is 0.251. The van der Waals surface area contributed by atoms with E-state index in [-0.39, 0.29) is 6.61 Å².